The lowest BCUT2D eigenvalue weighted by Crippen LogP contribution is -2.19. The van der Waals surface area contributed by atoms with Crippen LogP contribution in [-0.2, 0) is 4.79 Å². The lowest BCUT2D eigenvalue weighted by molar-refractivity contribution is -0.115. The number of anilines is 3. The Morgan fingerprint density at radius 2 is 1.85 bits per heavy atom. The van der Waals surface area contributed by atoms with Gasteiger partial charge in [-0.2, -0.15) is 0 Å². The number of amides is 1. The number of nitrogens with one attached hydrogen (secondary N) is 2. The van der Waals surface area contributed by atoms with Crippen LogP contribution < -0.4 is 10.6 Å². The molecule has 0 aliphatic rings. The third-order valence-electron chi connectivity index (χ3n) is 2.59. The molecular weight excluding hydrogens is 320 g/mol. The molecular formula is C14H15BrN4O. The zero-order chi connectivity index (χ0) is 14.5. The highest BCUT2D eigenvalue weighted by Crippen LogP contribution is 2.18. The van der Waals surface area contributed by atoms with Crippen LogP contribution in [0.4, 0.5) is 17.2 Å². The molecule has 2 rings (SSSR count). The second-order valence-electron chi connectivity index (χ2n) is 4.35. The van der Waals surface area contributed by atoms with Crippen LogP contribution in [0.25, 0.3) is 0 Å². The molecule has 5 nitrogen and oxygen atoms in total. The number of carbonyl (C=O) groups excluding carboxylic acids is 1. The van der Waals surface area contributed by atoms with Crippen molar-refractivity contribution in [2.24, 2.45) is 0 Å². The van der Waals surface area contributed by atoms with Gasteiger partial charge in [0, 0.05) is 23.1 Å². The summed E-state index contributed by atoms with van der Waals surface area (Å²) in [6.07, 6.45) is 1.52. The first-order valence-corrected chi connectivity index (χ1v) is 7.07. The van der Waals surface area contributed by atoms with Crippen LogP contribution in [0.2, 0.25) is 0 Å². The minimum absolute atomic E-state index is 0.0721. The molecule has 0 fully saturated rings. The molecule has 1 unspecified atom stereocenters. The third kappa shape index (κ3) is 4.03. The summed E-state index contributed by atoms with van der Waals surface area (Å²) in [4.78, 5) is 19.5. The summed E-state index contributed by atoms with van der Waals surface area (Å²) in [7, 11) is 0. The minimum atomic E-state index is -0.218. The Hall–Kier alpha value is -1.95. The number of rotatable bonds is 4. The fourth-order valence-corrected chi connectivity index (χ4v) is 1.66. The first-order chi connectivity index (χ1) is 9.54. The van der Waals surface area contributed by atoms with Gasteiger partial charge in [0.25, 0.3) is 0 Å². The van der Waals surface area contributed by atoms with E-state index in [9.17, 15) is 4.79 Å². The monoisotopic (exact) mass is 334 g/mol. The zero-order valence-electron chi connectivity index (χ0n) is 11.2. The predicted molar refractivity (Wildman–Crippen MR) is 83.5 cm³/mol. The topological polar surface area (TPSA) is 66.9 Å². The molecule has 0 aliphatic heterocycles. The summed E-state index contributed by atoms with van der Waals surface area (Å²) in [5, 5.41) is 5.98. The van der Waals surface area contributed by atoms with E-state index >= 15 is 0 Å². The van der Waals surface area contributed by atoms with Gasteiger partial charge in [-0.05, 0) is 38.1 Å². The van der Waals surface area contributed by atoms with Gasteiger partial charge >= 0.3 is 0 Å². The van der Waals surface area contributed by atoms with Crippen LogP contribution in [0.1, 0.15) is 12.6 Å². The minimum Gasteiger partial charge on any atom is -0.340 e. The van der Waals surface area contributed by atoms with Gasteiger partial charge in [0.15, 0.2) is 0 Å². The average Bonchev–Trinajstić information content (AvgIpc) is 2.41. The Balaban J connectivity index is 2.03. The Morgan fingerprint density at radius 3 is 2.45 bits per heavy atom. The molecule has 20 heavy (non-hydrogen) atoms. The van der Waals surface area contributed by atoms with Crippen LogP contribution >= 0.6 is 15.9 Å². The van der Waals surface area contributed by atoms with Gasteiger partial charge in [0.1, 0.15) is 12.1 Å². The molecule has 1 amide bonds. The average molecular weight is 335 g/mol. The van der Waals surface area contributed by atoms with Gasteiger partial charge in [-0.1, -0.05) is 15.9 Å². The summed E-state index contributed by atoms with van der Waals surface area (Å²) in [6.45, 7) is 3.69. The Kier molecular flexibility index (Phi) is 4.68. The molecule has 1 aromatic carbocycles. The van der Waals surface area contributed by atoms with E-state index in [1.807, 2.05) is 37.3 Å². The van der Waals surface area contributed by atoms with E-state index in [2.05, 4.69) is 36.5 Å². The zero-order valence-corrected chi connectivity index (χ0v) is 12.8. The molecule has 0 saturated carbocycles. The molecule has 104 valence electrons. The number of halogens is 1. The van der Waals surface area contributed by atoms with Gasteiger partial charge in [-0.3, -0.25) is 4.79 Å². The molecule has 1 atom stereocenters. The van der Waals surface area contributed by atoms with E-state index in [1.165, 1.54) is 6.33 Å². The number of aromatic nitrogens is 2. The largest absolute Gasteiger partial charge is 0.340 e. The van der Waals surface area contributed by atoms with E-state index in [1.54, 1.807) is 6.92 Å². The lowest BCUT2D eigenvalue weighted by Gasteiger charge is -2.09. The van der Waals surface area contributed by atoms with Crippen molar-refractivity contribution >= 4 is 39.0 Å². The number of carbonyl (C=O) groups is 1. The number of hydrogen-bond donors (Lipinski definition) is 2. The second kappa shape index (κ2) is 6.47. The molecule has 6 heteroatoms. The van der Waals surface area contributed by atoms with E-state index in [0.717, 1.165) is 22.9 Å². The van der Waals surface area contributed by atoms with E-state index < -0.39 is 0 Å². The molecule has 0 aliphatic carbocycles. The SMILES string of the molecule is Cc1cc(Nc2ccc(NC(=O)C(C)Br)cc2)ncn1. The Labute approximate surface area is 126 Å². The molecule has 2 N–H and O–H groups in total. The standard InChI is InChI=1S/C14H15BrN4O/c1-9-7-13(17-8-16-9)18-11-3-5-12(6-4-11)19-14(20)10(2)15/h3-8,10H,1-2H3,(H,19,20)(H,16,17,18). The molecule has 0 saturated heterocycles. The highest BCUT2D eigenvalue weighted by molar-refractivity contribution is 9.10. The van der Waals surface area contributed by atoms with Crippen LogP contribution in [0.3, 0.4) is 0 Å². The summed E-state index contributed by atoms with van der Waals surface area (Å²) in [5.41, 5.74) is 2.55. The maximum atomic E-state index is 11.5. The van der Waals surface area contributed by atoms with Crippen LogP contribution in [0, 0.1) is 6.92 Å². The molecule has 1 heterocycles. The van der Waals surface area contributed by atoms with Crippen molar-refractivity contribution in [3.05, 3.63) is 42.4 Å². The normalized spacial score (nSPS) is 11.8. The second-order valence-corrected chi connectivity index (χ2v) is 5.73. The van der Waals surface area contributed by atoms with Crippen molar-refractivity contribution in [3.63, 3.8) is 0 Å². The van der Waals surface area contributed by atoms with E-state index in [0.29, 0.717) is 0 Å². The number of benzene rings is 1. The van der Waals surface area contributed by atoms with Crippen molar-refractivity contribution in [2.45, 2.75) is 18.7 Å². The number of alkyl halides is 1. The molecule has 2 aromatic rings. The Bertz CT molecular complexity index is 598. The first-order valence-electron chi connectivity index (χ1n) is 6.15. The third-order valence-corrected chi connectivity index (χ3v) is 3.01. The maximum Gasteiger partial charge on any atom is 0.237 e. The van der Waals surface area contributed by atoms with Crippen molar-refractivity contribution in [2.75, 3.05) is 10.6 Å². The molecule has 1 aromatic heterocycles. The fourth-order valence-electron chi connectivity index (χ4n) is 1.55. The van der Waals surface area contributed by atoms with Crippen LogP contribution in [-0.4, -0.2) is 20.7 Å². The van der Waals surface area contributed by atoms with Crippen LogP contribution in [0.15, 0.2) is 36.7 Å². The van der Waals surface area contributed by atoms with E-state index in [4.69, 9.17) is 0 Å². The highest BCUT2D eigenvalue weighted by Gasteiger charge is 2.08. The van der Waals surface area contributed by atoms with Gasteiger partial charge in [0.05, 0.1) is 4.83 Å². The van der Waals surface area contributed by atoms with Crippen molar-refractivity contribution < 1.29 is 4.79 Å². The summed E-state index contributed by atoms with van der Waals surface area (Å²) < 4.78 is 0. The maximum absolute atomic E-state index is 11.5. The smallest absolute Gasteiger partial charge is 0.237 e. The Morgan fingerprint density at radius 1 is 1.20 bits per heavy atom. The summed E-state index contributed by atoms with van der Waals surface area (Å²) in [5.74, 6) is 0.667. The summed E-state index contributed by atoms with van der Waals surface area (Å²) >= 11 is 3.22. The van der Waals surface area contributed by atoms with Crippen molar-refractivity contribution in [3.8, 4) is 0 Å². The van der Waals surface area contributed by atoms with E-state index in [-0.39, 0.29) is 10.7 Å². The van der Waals surface area contributed by atoms with Gasteiger partial charge < -0.3 is 10.6 Å². The molecule has 0 bridgehead atoms. The molecule has 0 radical (unpaired) electrons. The number of hydrogen-bond acceptors (Lipinski definition) is 4. The van der Waals surface area contributed by atoms with Crippen LogP contribution in [0.5, 0.6) is 0 Å². The summed E-state index contributed by atoms with van der Waals surface area (Å²) in [6, 6.07) is 9.30. The van der Waals surface area contributed by atoms with Gasteiger partial charge in [-0.15, -0.1) is 0 Å². The van der Waals surface area contributed by atoms with Gasteiger partial charge in [-0.25, -0.2) is 9.97 Å². The number of aryl methyl sites for hydroxylation is 1. The van der Waals surface area contributed by atoms with Crippen molar-refractivity contribution in [1.82, 2.24) is 9.97 Å². The predicted octanol–water partition coefficient (Wildman–Crippen LogP) is 3.25. The van der Waals surface area contributed by atoms with Gasteiger partial charge in [0.2, 0.25) is 5.91 Å². The fraction of sp³-hybridized carbons (Fsp3) is 0.214. The highest BCUT2D eigenvalue weighted by atomic mass is 79.9. The lowest BCUT2D eigenvalue weighted by atomic mass is 10.2. The quantitative estimate of drug-likeness (QED) is 0.842. The van der Waals surface area contributed by atoms with Crippen molar-refractivity contribution in [1.29, 1.82) is 0 Å². The number of nitrogens with zero attached hydrogens (tertiary/aromatic N) is 2. The first kappa shape index (κ1) is 14.5. The molecule has 0 spiro atoms.